The number of anilines is 1. The van der Waals surface area contributed by atoms with Crippen LogP contribution in [0.4, 0.5) is 5.00 Å². The van der Waals surface area contributed by atoms with Crippen LogP contribution in [0.1, 0.15) is 45.5 Å². The first-order valence-electron chi connectivity index (χ1n) is 11.6. The molecule has 3 aromatic rings. The van der Waals surface area contributed by atoms with Crippen LogP contribution < -0.4 is 10.1 Å². The minimum absolute atomic E-state index is 0.102. The molecule has 36 heavy (non-hydrogen) atoms. The lowest BCUT2D eigenvalue weighted by atomic mass is 10.1. The van der Waals surface area contributed by atoms with Gasteiger partial charge in [-0.1, -0.05) is 35.5 Å². The molecule has 190 valence electrons. The highest BCUT2D eigenvalue weighted by Gasteiger charge is 2.28. The quantitative estimate of drug-likeness (QED) is 0.194. The van der Waals surface area contributed by atoms with Crippen LogP contribution in [0, 0.1) is 6.92 Å². The summed E-state index contributed by atoms with van der Waals surface area (Å²) >= 11 is 8.94. The maximum atomic E-state index is 12.8. The van der Waals surface area contributed by atoms with Crippen molar-refractivity contribution in [2.45, 2.75) is 51.4 Å². The van der Waals surface area contributed by atoms with Crippen molar-refractivity contribution in [2.75, 3.05) is 17.7 Å². The Hall–Kier alpha value is -2.82. The maximum absolute atomic E-state index is 12.8. The third kappa shape index (κ3) is 5.93. The summed E-state index contributed by atoms with van der Waals surface area (Å²) in [6.45, 7) is 8.45. The number of nitrogens with zero attached hydrogens (tertiary/aromatic N) is 3. The molecule has 0 bridgehead atoms. The van der Waals surface area contributed by atoms with Gasteiger partial charge >= 0.3 is 5.97 Å². The number of amides is 1. The number of halogens is 1. The van der Waals surface area contributed by atoms with Gasteiger partial charge in [-0.05, 0) is 56.4 Å². The standard InChI is InChI=1S/C25H27ClN4O4S2/c1-4-11-30-20(13-34-18-12-15(3)9-10-17(18)26)28-29-25(30)35-14-21(31)27-23-22(24(32)33-5-2)16-7-6-8-19(16)36-23/h4,9-10,12H,1,5-8,11,13-14H2,2-3H3,(H,27,31). The van der Waals surface area contributed by atoms with Crippen molar-refractivity contribution in [1.82, 2.24) is 14.8 Å². The number of carbonyl (C=O) groups excluding carboxylic acids is 2. The Labute approximate surface area is 223 Å². The Kier molecular flexibility index (Phi) is 8.71. The molecule has 8 nitrogen and oxygen atoms in total. The highest BCUT2D eigenvalue weighted by Crippen LogP contribution is 2.39. The van der Waals surface area contributed by atoms with Crippen molar-refractivity contribution in [3.05, 3.63) is 63.3 Å². The Morgan fingerprint density at radius 1 is 1.33 bits per heavy atom. The number of fused-ring (bicyclic) bond motifs is 1. The number of rotatable bonds is 11. The molecule has 2 heterocycles. The van der Waals surface area contributed by atoms with E-state index in [0.717, 1.165) is 35.3 Å². The fourth-order valence-corrected chi connectivity index (χ4v) is 6.15. The lowest BCUT2D eigenvalue weighted by Gasteiger charge is -2.11. The molecule has 0 saturated heterocycles. The lowest BCUT2D eigenvalue weighted by Crippen LogP contribution is -2.17. The van der Waals surface area contributed by atoms with E-state index < -0.39 is 0 Å². The smallest absolute Gasteiger partial charge is 0.341 e. The first-order valence-corrected chi connectivity index (χ1v) is 13.8. The van der Waals surface area contributed by atoms with Crippen molar-refractivity contribution in [3.8, 4) is 5.75 Å². The van der Waals surface area contributed by atoms with Gasteiger partial charge in [-0.3, -0.25) is 9.36 Å². The Morgan fingerprint density at radius 2 is 2.17 bits per heavy atom. The molecular formula is C25H27ClN4O4S2. The van der Waals surface area contributed by atoms with Gasteiger partial charge in [0.2, 0.25) is 5.91 Å². The minimum Gasteiger partial charge on any atom is -0.484 e. The van der Waals surface area contributed by atoms with E-state index in [9.17, 15) is 9.59 Å². The molecule has 11 heteroatoms. The van der Waals surface area contributed by atoms with E-state index in [1.165, 1.54) is 23.1 Å². The largest absolute Gasteiger partial charge is 0.484 e. The zero-order chi connectivity index (χ0) is 25.7. The van der Waals surface area contributed by atoms with Crippen LogP contribution in [0.25, 0.3) is 0 Å². The molecule has 0 atom stereocenters. The first-order chi connectivity index (χ1) is 17.4. The van der Waals surface area contributed by atoms with Gasteiger partial charge in [-0.2, -0.15) is 0 Å². The monoisotopic (exact) mass is 546 g/mol. The first kappa shape index (κ1) is 26.2. The second kappa shape index (κ2) is 11.9. The normalized spacial score (nSPS) is 12.3. The topological polar surface area (TPSA) is 95.3 Å². The number of aryl methyl sites for hydroxylation is 2. The fourth-order valence-electron chi connectivity index (χ4n) is 3.91. The van der Waals surface area contributed by atoms with Crippen molar-refractivity contribution < 1.29 is 19.1 Å². The number of allylic oxidation sites excluding steroid dienone is 1. The molecule has 1 aliphatic rings. The molecule has 0 saturated carbocycles. The molecule has 0 unspecified atom stereocenters. The van der Waals surface area contributed by atoms with Gasteiger partial charge in [0.15, 0.2) is 11.0 Å². The van der Waals surface area contributed by atoms with Crippen LogP contribution >= 0.6 is 34.7 Å². The summed E-state index contributed by atoms with van der Waals surface area (Å²) in [6.07, 6.45) is 4.49. The SMILES string of the molecule is C=CCn1c(COc2cc(C)ccc2Cl)nnc1SCC(=O)Nc1sc2c(c1C(=O)OCC)CCC2. The minimum atomic E-state index is -0.385. The van der Waals surface area contributed by atoms with Crippen LogP contribution in [-0.4, -0.2) is 39.0 Å². The highest BCUT2D eigenvalue weighted by atomic mass is 35.5. The van der Waals surface area contributed by atoms with E-state index in [2.05, 4.69) is 22.1 Å². The van der Waals surface area contributed by atoms with Crippen molar-refractivity contribution in [2.24, 2.45) is 0 Å². The van der Waals surface area contributed by atoms with Crippen molar-refractivity contribution in [3.63, 3.8) is 0 Å². The van der Waals surface area contributed by atoms with Gasteiger partial charge in [0, 0.05) is 11.4 Å². The molecule has 1 amide bonds. The maximum Gasteiger partial charge on any atom is 0.341 e. The average Bonchev–Trinajstić information content (AvgIpc) is 3.53. The van der Waals surface area contributed by atoms with Gasteiger partial charge in [0.25, 0.3) is 0 Å². The van der Waals surface area contributed by atoms with E-state index in [4.69, 9.17) is 21.1 Å². The van der Waals surface area contributed by atoms with E-state index >= 15 is 0 Å². The number of carbonyl (C=O) groups is 2. The number of hydrogen-bond donors (Lipinski definition) is 1. The zero-order valence-electron chi connectivity index (χ0n) is 20.1. The lowest BCUT2D eigenvalue weighted by molar-refractivity contribution is -0.113. The van der Waals surface area contributed by atoms with Crippen molar-refractivity contribution >= 4 is 51.6 Å². The fraction of sp³-hybridized carbons (Fsp3) is 0.360. The highest BCUT2D eigenvalue weighted by molar-refractivity contribution is 7.99. The Bertz CT molecular complexity index is 1290. The molecule has 2 aromatic heterocycles. The van der Waals surface area contributed by atoms with E-state index in [1.54, 1.807) is 19.1 Å². The molecule has 4 rings (SSSR count). The second-order valence-corrected chi connectivity index (χ2v) is 10.6. The summed E-state index contributed by atoms with van der Waals surface area (Å²) in [5.74, 6) is 0.644. The van der Waals surface area contributed by atoms with Gasteiger partial charge in [-0.15, -0.1) is 28.1 Å². The number of hydrogen-bond acceptors (Lipinski definition) is 8. The summed E-state index contributed by atoms with van der Waals surface area (Å²) in [5.41, 5.74) is 2.54. The van der Waals surface area contributed by atoms with Gasteiger partial charge in [0.1, 0.15) is 17.4 Å². The molecular weight excluding hydrogens is 520 g/mol. The number of aromatic nitrogens is 3. The van der Waals surface area contributed by atoms with E-state index in [1.807, 2.05) is 23.6 Å². The molecule has 1 aromatic carbocycles. The molecule has 1 aliphatic carbocycles. The van der Waals surface area contributed by atoms with E-state index in [0.29, 0.717) is 38.9 Å². The number of ether oxygens (including phenoxy) is 2. The van der Waals surface area contributed by atoms with Crippen LogP contribution in [0.15, 0.2) is 36.0 Å². The third-order valence-electron chi connectivity index (χ3n) is 5.53. The molecule has 0 fully saturated rings. The number of thiophene rings is 1. The van der Waals surface area contributed by atoms with Gasteiger partial charge < -0.3 is 14.8 Å². The Balaban J connectivity index is 1.42. The molecule has 0 spiro atoms. The summed E-state index contributed by atoms with van der Waals surface area (Å²) in [7, 11) is 0. The second-order valence-electron chi connectivity index (χ2n) is 8.14. The van der Waals surface area contributed by atoms with Crippen LogP contribution in [0.2, 0.25) is 5.02 Å². The Morgan fingerprint density at radius 3 is 2.94 bits per heavy atom. The molecule has 0 radical (unpaired) electrons. The zero-order valence-corrected chi connectivity index (χ0v) is 22.5. The van der Waals surface area contributed by atoms with Crippen molar-refractivity contribution in [1.29, 1.82) is 0 Å². The summed E-state index contributed by atoms with van der Waals surface area (Å²) in [5, 5.41) is 13.0. The number of nitrogens with one attached hydrogen (secondary N) is 1. The molecule has 0 aliphatic heterocycles. The number of benzene rings is 1. The van der Waals surface area contributed by atoms with Crippen LogP contribution in [0.5, 0.6) is 5.75 Å². The predicted molar refractivity (Wildman–Crippen MR) is 142 cm³/mol. The summed E-state index contributed by atoms with van der Waals surface area (Å²) < 4.78 is 13.0. The van der Waals surface area contributed by atoms with Crippen LogP contribution in [-0.2, 0) is 35.5 Å². The summed E-state index contributed by atoms with van der Waals surface area (Å²) in [4.78, 5) is 26.5. The average molecular weight is 547 g/mol. The number of thioether (sulfide) groups is 1. The van der Waals surface area contributed by atoms with E-state index in [-0.39, 0.29) is 30.8 Å². The third-order valence-corrected chi connectivity index (χ3v) is 8.02. The summed E-state index contributed by atoms with van der Waals surface area (Å²) in [6, 6.07) is 5.56. The van der Waals surface area contributed by atoms with Crippen LogP contribution in [0.3, 0.4) is 0 Å². The predicted octanol–water partition coefficient (Wildman–Crippen LogP) is 5.46. The van der Waals surface area contributed by atoms with Gasteiger partial charge in [-0.25, -0.2) is 4.79 Å². The van der Waals surface area contributed by atoms with Gasteiger partial charge in [0.05, 0.1) is 22.9 Å². The number of esters is 1. The molecule has 1 N–H and O–H groups in total.